The van der Waals surface area contributed by atoms with E-state index in [-0.39, 0.29) is 23.6 Å². The van der Waals surface area contributed by atoms with E-state index in [2.05, 4.69) is 17.0 Å². The topological polar surface area (TPSA) is 49.7 Å². The molecule has 7 heteroatoms. The molecule has 0 N–H and O–H groups in total. The van der Waals surface area contributed by atoms with E-state index in [9.17, 15) is 8.42 Å². The normalized spacial score (nSPS) is 24.2. The zero-order chi connectivity index (χ0) is 17.4. The molecule has 2 aromatic carbocycles. The van der Waals surface area contributed by atoms with Crippen LogP contribution in [0.25, 0.3) is 0 Å². The fraction of sp³-hybridized carbons (Fsp3) is 0.278. The maximum Gasteiger partial charge on any atom is 0.164 e. The molecule has 25 heavy (non-hydrogen) atoms. The van der Waals surface area contributed by atoms with Gasteiger partial charge in [0.1, 0.15) is 0 Å². The Labute approximate surface area is 156 Å². The number of anilines is 1. The van der Waals surface area contributed by atoms with Crippen LogP contribution in [0.15, 0.2) is 59.6 Å². The van der Waals surface area contributed by atoms with Gasteiger partial charge in [-0.3, -0.25) is 4.99 Å². The van der Waals surface area contributed by atoms with E-state index < -0.39 is 9.84 Å². The second-order valence-electron chi connectivity index (χ2n) is 6.24. The van der Waals surface area contributed by atoms with Crippen LogP contribution in [-0.2, 0) is 15.6 Å². The average molecular weight is 393 g/mol. The van der Waals surface area contributed by atoms with Crippen LogP contribution in [-0.4, -0.2) is 37.2 Å². The molecule has 2 aromatic rings. The predicted octanol–water partition coefficient (Wildman–Crippen LogP) is 3.62. The predicted molar refractivity (Wildman–Crippen MR) is 105 cm³/mol. The van der Waals surface area contributed by atoms with E-state index in [1.165, 1.54) is 5.56 Å². The SMILES string of the molecule is O=S1(=O)C[C@@H]2[C@@H](C1)N=C(SCc1ccccc1)N2c1ccc(Cl)cc1. The first-order valence-corrected chi connectivity index (χ1v) is 11.2. The molecule has 2 atom stereocenters. The van der Waals surface area contributed by atoms with Crippen LogP contribution in [0.3, 0.4) is 0 Å². The molecular weight excluding hydrogens is 376 g/mol. The average Bonchev–Trinajstić information content (AvgIpc) is 3.06. The molecule has 4 rings (SSSR count). The standard InChI is InChI=1S/C18H17ClN2O2S2/c19-14-6-8-15(9-7-14)21-17-12-25(22,23)11-16(17)20-18(21)24-10-13-4-2-1-3-5-13/h1-9,16-17H,10-12H2/t16-,17-/m1/s1. The van der Waals surface area contributed by atoms with Gasteiger partial charge in [-0.25, -0.2) is 8.42 Å². The number of benzene rings is 2. The van der Waals surface area contributed by atoms with E-state index in [1.807, 2.05) is 42.5 Å². The molecule has 0 radical (unpaired) electrons. The van der Waals surface area contributed by atoms with Crippen LogP contribution in [0.1, 0.15) is 5.56 Å². The van der Waals surface area contributed by atoms with Gasteiger partial charge in [0.25, 0.3) is 0 Å². The highest BCUT2D eigenvalue weighted by Crippen LogP contribution is 2.36. The molecule has 0 spiro atoms. The smallest absolute Gasteiger partial charge is 0.164 e. The van der Waals surface area contributed by atoms with Crippen molar-refractivity contribution in [1.82, 2.24) is 0 Å². The van der Waals surface area contributed by atoms with Crippen molar-refractivity contribution >= 4 is 44.1 Å². The highest BCUT2D eigenvalue weighted by atomic mass is 35.5. The number of aliphatic imine (C=N–C) groups is 1. The molecule has 2 heterocycles. The van der Waals surface area contributed by atoms with Crippen molar-refractivity contribution in [2.24, 2.45) is 4.99 Å². The molecule has 1 fully saturated rings. The van der Waals surface area contributed by atoms with E-state index in [4.69, 9.17) is 16.6 Å². The number of halogens is 1. The van der Waals surface area contributed by atoms with Crippen LogP contribution in [0.2, 0.25) is 5.02 Å². The third-order valence-corrected chi connectivity index (χ3v) is 7.41. The van der Waals surface area contributed by atoms with Crippen molar-refractivity contribution in [3.63, 3.8) is 0 Å². The van der Waals surface area contributed by atoms with Crippen molar-refractivity contribution in [2.45, 2.75) is 17.8 Å². The first kappa shape index (κ1) is 16.9. The quantitative estimate of drug-likeness (QED) is 0.800. The minimum absolute atomic E-state index is 0.121. The van der Waals surface area contributed by atoms with Crippen molar-refractivity contribution in [1.29, 1.82) is 0 Å². The molecule has 0 aromatic heterocycles. The number of hydrogen-bond acceptors (Lipinski definition) is 5. The van der Waals surface area contributed by atoms with Crippen LogP contribution < -0.4 is 4.90 Å². The van der Waals surface area contributed by atoms with Gasteiger partial charge in [0.2, 0.25) is 0 Å². The fourth-order valence-corrected chi connectivity index (χ4v) is 6.31. The molecule has 0 bridgehead atoms. The molecule has 0 aliphatic carbocycles. The summed E-state index contributed by atoms with van der Waals surface area (Å²) in [5.74, 6) is 1.09. The van der Waals surface area contributed by atoms with E-state index in [1.54, 1.807) is 11.8 Å². The molecular formula is C18H17ClN2O2S2. The minimum atomic E-state index is -3.03. The maximum atomic E-state index is 12.0. The first-order chi connectivity index (χ1) is 12.0. The number of sulfone groups is 1. The highest BCUT2D eigenvalue weighted by Gasteiger charge is 2.47. The summed E-state index contributed by atoms with van der Waals surface area (Å²) < 4.78 is 24.1. The summed E-state index contributed by atoms with van der Waals surface area (Å²) in [5.41, 5.74) is 2.16. The summed E-state index contributed by atoms with van der Waals surface area (Å²) >= 11 is 7.65. The molecule has 130 valence electrons. The Hall–Kier alpha value is -1.50. The van der Waals surface area contributed by atoms with Gasteiger partial charge in [-0.15, -0.1) is 0 Å². The highest BCUT2D eigenvalue weighted by molar-refractivity contribution is 8.13. The van der Waals surface area contributed by atoms with Crippen LogP contribution in [0.5, 0.6) is 0 Å². The Morgan fingerprint density at radius 2 is 1.80 bits per heavy atom. The summed E-state index contributed by atoms with van der Waals surface area (Å²) in [4.78, 5) is 6.80. The zero-order valence-electron chi connectivity index (χ0n) is 13.4. The lowest BCUT2D eigenvalue weighted by molar-refractivity contribution is 0.601. The fourth-order valence-electron chi connectivity index (χ4n) is 3.26. The Balaban J connectivity index is 1.62. The second-order valence-corrected chi connectivity index (χ2v) is 9.78. The molecule has 0 saturated carbocycles. The van der Waals surface area contributed by atoms with Crippen LogP contribution >= 0.6 is 23.4 Å². The molecule has 0 unspecified atom stereocenters. The van der Waals surface area contributed by atoms with E-state index in [0.29, 0.717) is 5.02 Å². The zero-order valence-corrected chi connectivity index (χ0v) is 15.8. The molecule has 4 nitrogen and oxygen atoms in total. The number of hydrogen-bond donors (Lipinski definition) is 0. The summed E-state index contributed by atoms with van der Waals surface area (Å²) in [6.07, 6.45) is 0. The monoisotopic (exact) mass is 392 g/mol. The number of rotatable bonds is 3. The molecule has 1 saturated heterocycles. The third kappa shape index (κ3) is 3.57. The molecule has 2 aliphatic heterocycles. The number of thioether (sulfide) groups is 1. The number of amidine groups is 1. The van der Waals surface area contributed by atoms with Crippen molar-refractivity contribution in [2.75, 3.05) is 16.4 Å². The van der Waals surface area contributed by atoms with Gasteiger partial charge >= 0.3 is 0 Å². The minimum Gasteiger partial charge on any atom is -0.315 e. The van der Waals surface area contributed by atoms with Gasteiger partial charge in [0.15, 0.2) is 15.0 Å². The van der Waals surface area contributed by atoms with Crippen LogP contribution in [0.4, 0.5) is 5.69 Å². The van der Waals surface area contributed by atoms with E-state index in [0.717, 1.165) is 16.6 Å². The summed E-state index contributed by atoms with van der Waals surface area (Å²) in [6, 6.07) is 17.4. The largest absolute Gasteiger partial charge is 0.315 e. The van der Waals surface area contributed by atoms with Crippen molar-refractivity contribution < 1.29 is 8.42 Å². The van der Waals surface area contributed by atoms with Gasteiger partial charge in [-0.1, -0.05) is 53.7 Å². The van der Waals surface area contributed by atoms with Gasteiger partial charge in [0, 0.05) is 16.5 Å². The third-order valence-electron chi connectivity index (χ3n) is 4.42. The molecule has 2 aliphatic rings. The van der Waals surface area contributed by atoms with Crippen LogP contribution in [0, 0.1) is 0 Å². The Bertz CT molecular complexity index is 898. The first-order valence-electron chi connectivity index (χ1n) is 8.02. The van der Waals surface area contributed by atoms with E-state index >= 15 is 0 Å². The Morgan fingerprint density at radius 3 is 2.52 bits per heavy atom. The molecule has 0 amide bonds. The Kier molecular flexibility index (Phi) is 4.52. The van der Waals surface area contributed by atoms with Crippen molar-refractivity contribution in [3.8, 4) is 0 Å². The van der Waals surface area contributed by atoms with Gasteiger partial charge < -0.3 is 4.90 Å². The Morgan fingerprint density at radius 1 is 1.08 bits per heavy atom. The lowest BCUT2D eigenvalue weighted by atomic mass is 10.1. The lowest BCUT2D eigenvalue weighted by Gasteiger charge is -2.26. The summed E-state index contributed by atoms with van der Waals surface area (Å²) in [6.45, 7) is 0. The number of nitrogens with zero attached hydrogens (tertiary/aromatic N) is 2. The van der Waals surface area contributed by atoms with Gasteiger partial charge in [-0.05, 0) is 29.8 Å². The lowest BCUT2D eigenvalue weighted by Crippen LogP contribution is -2.39. The summed E-state index contributed by atoms with van der Waals surface area (Å²) in [5, 5.41) is 1.55. The van der Waals surface area contributed by atoms with Gasteiger partial charge in [-0.2, -0.15) is 0 Å². The number of fused-ring (bicyclic) bond motifs is 1. The van der Waals surface area contributed by atoms with Crippen molar-refractivity contribution in [3.05, 3.63) is 65.2 Å². The maximum absolute atomic E-state index is 12.0. The van der Waals surface area contributed by atoms with Gasteiger partial charge in [0.05, 0.1) is 23.6 Å². The summed E-state index contributed by atoms with van der Waals surface area (Å²) in [7, 11) is -3.03. The second kappa shape index (κ2) is 6.67.